The maximum atomic E-state index is 6.01. The van der Waals surface area contributed by atoms with Crippen LogP contribution < -0.4 is 10.6 Å². The fourth-order valence-corrected chi connectivity index (χ4v) is 5.03. The summed E-state index contributed by atoms with van der Waals surface area (Å²) in [4.78, 5) is 19.2. The monoisotopic (exact) mass is 436 g/mol. The summed E-state index contributed by atoms with van der Waals surface area (Å²) in [6.07, 6.45) is 10.2. The Morgan fingerprint density at radius 3 is 2.70 bits per heavy atom. The second-order valence-electron chi connectivity index (χ2n) is 9.10. The fraction of sp³-hybridized carbons (Fsp3) is 0.308. The minimum atomic E-state index is 0.393. The van der Waals surface area contributed by atoms with Gasteiger partial charge in [0.2, 0.25) is 5.71 Å². The van der Waals surface area contributed by atoms with Crippen LogP contribution in [0.2, 0.25) is 0 Å². The number of anilines is 1. The summed E-state index contributed by atoms with van der Waals surface area (Å²) in [7, 11) is 0. The van der Waals surface area contributed by atoms with E-state index in [0.29, 0.717) is 23.5 Å². The van der Waals surface area contributed by atoms with Gasteiger partial charge in [0, 0.05) is 34.8 Å². The van der Waals surface area contributed by atoms with Crippen LogP contribution in [0.25, 0.3) is 44.4 Å². The molecule has 0 amide bonds. The number of nitrogens with zero attached hydrogens (tertiary/aromatic N) is 4. The van der Waals surface area contributed by atoms with Gasteiger partial charge in [0.25, 0.3) is 0 Å². The number of nitrogens with one attached hydrogen (secondary N) is 2. The molecule has 5 heterocycles. The van der Waals surface area contributed by atoms with Gasteiger partial charge in [-0.05, 0) is 62.4 Å². The van der Waals surface area contributed by atoms with Crippen molar-refractivity contribution >= 4 is 38.8 Å². The second-order valence-corrected chi connectivity index (χ2v) is 9.10. The molecule has 1 aromatic carbocycles. The first-order valence-corrected chi connectivity index (χ1v) is 11.7. The van der Waals surface area contributed by atoms with Crippen molar-refractivity contribution in [3.63, 3.8) is 0 Å². The van der Waals surface area contributed by atoms with Crippen LogP contribution in [-0.4, -0.2) is 39.1 Å². The van der Waals surface area contributed by atoms with E-state index in [0.717, 1.165) is 64.6 Å². The van der Waals surface area contributed by atoms with E-state index >= 15 is 0 Å². The minimum Gasteiger partial charge on any atom is -0.438 e. The lowest BCUT2D eigenvalue weighted by Crippen LogP contribution is -2.35. The molecule has 1 aliphatic carbocycles. The maximum absolute atomic E-state index is 6.01. The largest absolute Gasteiger partial charge is 0.438 e. The normalized spacial score (nSPS) is 17.2. The molecular weight excluding hydrogens is 412 g/mol. The molecule has 0 radical (unpaired) electrons. The van der Waals surface area contributed by atoms with Gasteiger partial charge in [0.15, 0.2) is 5.82 Å². The highest BCUT2D eigenvalue weighted by atomic mass is 16.3. The Bertz CT molecular complexity index is 1500. The zero-order valence-corrected chi connectivity index (χ0v) is 18.2. The van der Waals surface area contributed by atoms with Crippen LogP contribution in [-0.2, 0) is 0 Å². The number of hydrogen-bond donors (Lipinski definition) is 2. The maximum Gasteiger partial charge on any atom is 0.228 e. The number of piperidine rings is 1. The number of pyridine rings is 2. The molecular formula is C26H24N6O. The first kappa shape index (κ1) is 18.9. The third kappa shape index (κ3) is 3.23. The summed E-state index contributed by atoms with van der Waals surface area (Å²) in [5.41, 5.74) is 4.51. The van der Waals surface area contributed by atoms with E-state index in [1.807, 2.05) is 36.7 Å². The van der Waals surface area contributed by atoms with Crippen molar-refractivity contribution in [2.75, 3.05) is 18.4 Å². The van der Waals surface area contributed by atoms with E-state index in [9.17, 15) is 0 Å². The van der Waals surface area contributed by atoms with Gasteiger partial charge in [-0.25, -0.2) is 15.0 Å². The molecule has 7 heteroatoms. The molecule has 0 spiro atoms. The zero-order chi connectivity index (χ0) is 21.8. The molecule has 1 saturated carbocycles. The number of aromatic nitrogens is 4. The highest BCUT2D eigenvalue weighted by Crippen LogP contribution is 2.44. The van der Waals surface area contributed by atoms with Crippen LogP contribution in [0.1, 0.15) is 37.2 Å². The summed E-state index contributed by atoms with van der Waals surface area (Å²) < 4.78 is 6.01. The molecule has 5 aromatic rings. The lowest BCUT2D eigenvalue weighted by atomic mass is 10.0. The van der Waals surface area contributed by atoms with Crippen LogP contribution in [0.4, 0.5) is 5.82 Å². The van der Waals surface area contributed by atoms with Crippen molar-refractivity contribution < 1.29 is 4.42 Å². The number of benzene rings is 1. The Morgan fingerprint density at radius 1 is 0.939 bits per heavy atom. The van der Waals surface area contributed by atoms with Gasteiger partial charge in [-0.2, -0.15) is 0 Å². The Balaban J connectivity index is 1.46. The molecule has 0 atom stereocenters. The molecule has 7 rings (SSSR count). The lowest BCUT2D eigenvalue weighted by Gasteiger charge is -2.25. The molecule has 2 aliphatic rings. The van der Waals surface area contributed by atoms with Crippen molar-refractivity contribution in [1.82, 2.24) is 25.3 Å². The molecule has 0 bridgehead atoms. The molecule has 33 heavy (non-hydrogen) atoms. The summed E-state index contributed by atoms with van der Waals surface area (Å²) in [6.45, 7) is 2.05. The van der Waals surface area contributed by atoms with Crippen LogP contribution in [0.5, 0.6) is 0 Å². The highest BCUT2D eigenvalue weighted by Gasteiger charge is 2.29. The van der Waals surface area contributed by atoms with Gasteiger partial charge in [-0.3, -0.25) is 4.98 Å². The van der Waals surface area contributed by atoms with Crippen molar-refractivity contribution in [3.8, 4) is 11.4 Å². The Labute approximate surface area is 190 Å². The van der Waals surface area contributed by atoms with Crippen LogP contribution in [0.3, 0.4) is 0 Å². The second kappa shape index (κ2) is 7.49. The lowest BCUT2D eigenvalue weighted by molar-refractivity contribution is 0.478. The average Bonchev–Trinajstić information content (AvgIpc) is 3.64. The van der Waals surface area contributed by atoms with Gasteiger partial charge < -0.3 is 15.1 Å². The Hall–Kier alpha value is -3.58. The van der Waals surface area contributed by atoms with E-state index in [-0.39, 0.29) is 0 Å². The number of furan rings is 1. The summed E-state index contributed by atoms with van der Waals surface area (Å²) >= 11 is 0. The Kier molecular flexibility index (Phi) is 4.30. The molecule has 164 valence electrons. The quantitative estimate of drug-likeness (QED) is 0.408. The van der Waals surface area contributed by atoms with Gasteiger partial charge in [-0.1, -0.05) is 18.2 Å². The average molecular weight is 437 g/mol. The standard InChI is InChI=1S/C26H24N6O/c1-2-4-21-17(3-1)22-18(9-12-29-26(22)33-21)24-31-20-14-28-13-19(15-5-6-15)23(20)25(32-24)30-16-7-10-27-11-8-16/h1-4,9,12-16,27H,5-8,10-11H2,(H,30,31,32). The smallest absolute Gasteiger partial charge is 0.228 e. The summed E-state index contributed by atoms with van der Waals surface area (Å²) in [6, 6.07) is 10.4. The summed E-state index contributed by atoms with van der Waals surface area (Å²) in [5.74, 6) is 2.16. The predicted octanol–water partition coefficient (Wildman–Crippen LogP) is 5.03. The SMILES string of the molecule is c1ccc2c(c1)oc1nccc(-c3nc(NC4CCNCC4)c4c(C5CC5)cncc4n3)c12. The Morgan fingerprint density at radius 2 is 1.82 bits per heavy atom. The fourth-order valence-electron chi connectivity index (χ4n) is 5.03. The first-order valence-electron chi connectivity index (χ1n) is 11.7. The van der Waals surface area contributed by atoms with Crippen molar-refractivity contribution in [2.24, 2.45) is 0 Å². The number of hydrogen-bond acceptors (Lipinski definition) is 7. The number of fused-ring (bicyclic) bond motifs is 4. The predicted molar refractivity (Wildman–Crippen MR) is 129 cm³/mol. The van der Waals surface area contributed by atoms with E-state index in [1.54, 1.807) is 6.20 Å². The minimum absolute atomic E-state index is 0.393. The number of para-hydroxylation sites is 1. The van der Waals surface area contributed by atoms with E-state index in [2.05, 4.69) is 26.7 Å². The topological polar surface area (TPSA) is 88.8 Å². The third-order valence-electron chi connectivity index (χ3n) is 6.85. The van der Waals surface area contributed by atoms with Crippen molar-refractivity contribution in [2.45, 2.75) is 37.6 Å². The first-order chi connectivity index (χ1) is 16.3. The third-order valence-corrected chi connectivity index (χ3v) is 6.85. The highest BCUT2D eigenvalue weighted by molar-refractivity contribution is 6.10. The van der Waals surface area contributed by atoms with Gasteiger partial charge in [0.1, 0.15) is 11.4 Å². The molecule has 1 aliphatic heterocycles. The summed E-state index contributed by atoms with van der Waals surface area (Å²) in [5, 5.41) is 10.3. The van der Waals surface area contributed by atoms with Crippen molar-refractivity contribution in [1.29, 1.82) is 0 Å². The molecule has 7 nitrogen and oxygen atoms in total. The van der Waals surface area contributed by atoms with E-state index in [1.165, 1.54) is 18.4 Å². The number of rotatable bonds is 4. The van der Waals surface area contributed by atoms with Gasteiger partial charge >= 0.3 is 0 Å². The van der Waals surface area contributed by atoms with Crippen molar-refractivity contribution in [3.05, 3.63) is 54.5 Å². The molecule has 4 aromatic heterocycles. The van der Waals surface area contributed by atoms with Crippen LogP contribution in [0.15, 0.2) is 53.3 Å². The molecule has 1 saturated heterocycles. The zero-order valence-electron chi connectivity index (χ0n) is 18.2. The van der Waals surface area contributed by atoms with E-state index < -0.39 is 0 Å². The molecule has 0 unspecified atom stereocenters. The molecule has 2 fully saturated rings. The van der Waals surface area contributed by atoms with Crippen LogP contribution in [0, 0.1) is 0 Å². The van der Waals surface area contributed by atoms with Gasteiger partial charge in [-0.15, -0.1) is 0 Å². The van der Waals surface area contributed by atoms with Gasteiger partial charge in [0.05, 0.1) is 17.1 Å². The van der Waals surface area contributed by atoms with Crippen LogP contribution >= 0.6 is 0 Å². The van der Waals surface area contributed by atoms with E-state index in [4.69, 9.17) is 14.4 Å². The molecule has 2 N–H and O–H groups in total.